The van der Waals surface area contributed by atoms with Crippen molar-refractivity contribution in [1.82, 2.24) is 14.5 Å². The molecule has 0 atom stereocenters. The number of fused-ring (bicyclic) bond motifs is 1. The summed E-state index contributed by atoms with van der Waals surface area (Å²) in [5.41, 5.74) is 4.16. The number of nitrogens with zero attached hydrogens (tertiary/aromatic N) is 4. The van der Waals surface area contributed by atoms with Gasteiger partial charge in [-0.05, 0) is 18.1 Å². The van der Waals surface area contributed by atoms with E-state index in [1.165, 1.54) is 7.11 Å². The molecule has 0 spiro atoms. The van der Waals surface area contributed by atoms with Gasteiger partial charge in [0.2, 0.25) is 11.8 Å². The molecule has 0 saturated carbocycles. The molecule has 9 nitrogen and oxygen atoms in total. The average molecular weight is 475 g/mol. The van der Waals surface area contributed by atoms with Gasteiger partial charge in [0.1, 0.15) is 5.75 Å². The number of halogens is 1. The van der Waals surface area contributed by atoms with Gasteiger partial charge in [-0.15, -0.1) is 0 Å². The summed E-state index contributed by atoms with van der Waals surface area (Å²) >= 11 is 0. The summed E-state index contributed by atoms with van der Waals surface area (Å²) in [6, 6.07) is 10.1. The molecular weight excluding hydrogens is 453 g/mol. The lowest BCUT2D eigenvalue weighted by molar-refractivity contribution is -0.387. The van der Waals surface area contributed by atoms with Crippen molar-refractivity contribution >= 4 is 33.8 Å². The van der Waals surface area contributed by atoms with Crippen molar-refractivity contribution in [2.24, 2.45) is 7.05 Å². The standard InChI is InChI=1S/C25H22FN5O4/c1-30-14-18(16-5-3-4-6-21(16)30)24-17(15-7-9-35-10-8-15)13-27-25(29-24)28-20-12-22(31(32)33)19(26)11-23(20)34-2/h3-7,11-14H,8-10H2,1-2H3,(H,27,28,29). The van der Waals surface area contributed by atoms with Crippen molar-refractivity contribution in [2.75, 3.05) is 25.6 Å². The van der Waals surface area contributed by atoms with Gasteiger partial charge in [-0.3, -0.25) is 10.1 Å². The molecule has 0 unspecified atom stereocenters. The van der Waals surface area contributed by atoms with Gasteiger partial charge < -0.3 is 19.4 Å². The van der Waals surface area contributed by atoms with Crippen molar-refractivity contribution in [3.05, 3.63) is 76.4 Å². The maximum absolute atomic E-state index is 14.1. The third-order valence-electron chi connectivity index (χ3n) is 5.96. The van der Waals surface area contributed by atoms with Crippen molar-refractivity contribution in [3.63, 3.8) is 0 Å². The minimum atomic E-state index is -0.989. The van der Waals surface area contributed by atoms with Crippen molar-refractivity contribution in [2.45, 2.75) is 6.42 Å². The SMILES string of the molecule is COc1cc(F)c([N+](=O)[O-])cc1Nc1ncc(C2=CCOCC2)c(-c2cn(C)c3ccccc23)n1. The molecule has 0 radical (unpaired) electrons. The first-order chi connectivity index (χ1) is 17.0. The maximum Gasteiger partial charge on any atom is 0.307 e. The lowest BCUT2D eigenvalue weighted by Gasteiger charge is -2.17. The highest BCUT2D eigenvalue weighted by molar-refractivity contribution is 5.98. The van der Waals surface area contributed by atoms with Crippen LogP contribution in [0.3, 0.4) is 0 Å². The number of para-hydroxylation sites is 1. The van der Waals surface area contributed by atoms with Gasteiger partial charge in [-0.25, -0.2) is 9.97 Å². The molecular formula is C25H22FN5O4. The molecule has 0 bridgehead atoms. The predicted molar refractivity (Wildman–Crippen MR) is 130 cm³/mol. The van der Waals surface area contributed by atoms with Crippen molar-refractivity contribution < 1.29 is 18.8 Å². The van der Waals surface area contributed by atoms with E-state index in [0.717, 1.165) is 46.2 Å². The summed E-state index contributed by atoms with van der Waals surface area (Å²) in [7, 11) is 3.33. The fourth-order valence-electron chi connectivity index (χ4n) is 4.25. The Labute approximate surface area is 200 Å². The smallest absolute Gasteiger partial charge is 0.307 e. The Balaban J connectivity index is 1.66. The average Bonchev–Trinajstić information content (AvgIpc) is 3.21. The van der Waals surface area contributed by atoms with Gasteiger partial charge >= 0.3 is 5.69 Å². The lowest BCUT2D eigenvalue weighted by atomic mass is 9.97. The molecule has 178 valence electrons. The van der Waals surface area contributed by atoms with Crippen LogP contribution in [0.1, 0.15) is 12.0 Å². The van der Waals surface area contributed by atoms with Gasteiger partial charge in [0.15, 0.2) is 0 Å². The number of nitrogens with one attached hydrogen (secondary N) is 1. The van der Waals surface area contributed by atoms with Crippen LogP contribution in [0.4, 0.5) is 21.7 Å². The van der Waals surface area contributed by atoms with Crippen molar-refractivity contribution in [1.29, 1.82) is 0 Å². The topological polar surface area (TPSA) is 104 Å². The fourth-order valence-corrected chi connectivity index (χ4v) is 4.25. The highest BCUT2D eigenvalue weighted by Crippen LogP contribution is 2.37. The van der Waals surface area contributed by atoms with E-state index in [0.29, 0.717) is 18.9 Å². The summed E-state index contributed by atoms with van der Waals surface area (Å²) < 4.78 is 26.8. The van der Waals surface area contributed by atoms with Crippen LogP contribution in [-0.4, -0.2) is 39.8 Å². The Morgan fingerprint density at radius 3 is 2.83 bits per heavy atom. The molecule has 0 aliphatic carbocycles. The third-order valence-corrected chi connectivity index (χ3v) is 5.96. The Bertz CT molecular complexity index is 1480. The van der Waals surface area contributed by atoms with Crippen LogP contribution in [0.25, 0.3) is 27.7 Å². The molecule has 2 aromatic carbocycles. The second kappa shape index (κ2) is 9.15. The predicted octanol–water partition coefficient (Wildman–Crippen LogP) is 5.24. The fraction of sp³-hybridized carbons (Fsp3) is 0.200. The quantitative estimate of drug-likeness (QED) is 0.300. The monoisotopic (exact) mass is 475 g/mol. The number of methoxy groups -OCH3 is 1. The number of hydrogen-bond donors (Lipinski definition) is 1. The minimum absolute atomic E-state index is 0.0969. The molecule has 4 aromatic rings. The van der Waals surface area contributed by atoms with E-state index in [1.807, 2.05) is 48.2 Å². The molecule has 10 heteroatoms. The second-order valence-electron chi connectivity index (χ2n) is 8.07. The first-order valence-electron chi connectivity index (χ1n) is 10.9. The molecule has 0 amide bonds. The molecule has 5 rings (SSSR count). The number of ether oxygens (including phenoxy) is 2. The maximum atomic E-state index is 14.1. The van der Waals surface area contributed by atoms with Crippen LogP contribution in [0.5, 0.6) is 5.75 Å². The Morgan fingerprint density at radius 1 is 1.26 bits per heavy atom. The molecule has 0 saturated heterocycles. The van der Waals surface area contributed by atoms with Crippen LogP contribution in [0.2, 0.25) is 0 Å². The Kier molecular flexibility index (Phi) is 5.87. The van der Waals surface area contributed by atoms with E-state index >= 15 is 0 Å². The molecule has 0 fully saturated rings. The van der Waals surface area contributed by atoms with Gasteiger partial charge in [0.05, 0.1) is 36.6 Å². The number of anilines is 2. The van der Waals surface area contributed by atoms with Gasteiger partial charge in [-0.1, -0.05) is 24.3 Å². The number of nitro groups is 1. The van der Waals surface area contributed by atoms with E-state index in [-0.39, 0.29) is 17.4 Å². The number of aryl methyl sites for hydroxylation is 1. The highest BCUT2D eigenvalue weighted by Gasteiger charge is 2.22. The summed E-state index contributed by atoms with van der Waals surface area (Å²) in [5, 5.41) is 15.3. The van der Waals surface area contributed by atoms with E-state index in [1.54, 1.807) is 6.20 Å². The number of rotatable bonds is 6. The summed E-state index contributed by atoms with van der Waals surface area (Å²) in [5.74, 6) is -0.695. The first-order valence-corrected chi connectivity index (χ1v) is 10.9. The highest BCUT2D eigenvalue weighted by atomic mass is 19.1. The summed E-state index contributed by atoms with van der Waals surface area (Å²) in [4.78, 5) is 19.7. The van der Waals surface area contributed by atoms with Crippen LogP contribution in [0, 0.1) is 15.9 Å². The van der Waals surface area contributed by atoms with E-state index in [2.05, 4.69) is 10.3 Å². The normalized spacial score (nSPS) is 13.5. The Morgan fingerprint density at radius 2 is 2.09 bits per heavy atom. The van der Waals surface area contributed by atoms with Crippen LogP contribution in [-0.2, 0) is 11.8 Å². The van der Waals surface area contributed by atoms with Crippen LogP contribution < -0.4 is 10.1 Å². The van der Waals surface area contributed by atoms with Crippen LogP contribution >= 0.6 is 0 Å². The number of hydrogen-bond acceptors (Lipinski definition) is 7. The Hall–Kier alpha value is -4.31. The van der Waals surface area contributed by atoms with E-state index in [4.69, 9.17) is 14.5 Å². The first kappa shape index (κ1) is 22.5. The van der Waals surface area contributed by atoms with E-state index < -0.39 is 16.4 Å². The molecule has 1 N–H and O–H groups in total. The molecule has 1 aliphatic rings. The molecule has 2 aromatic heterocycles. The zero-order chi connectivity index (χ0) is 24.5. The summed E-state index contributed by atoms with van der Waals surface area (Å²) in [6.45, 7) is 1.12. The van der Waals surface area contributed by atoms with Gasteiger partial charge in [0.25, 0.3) is 0 Å². The number of nitro benzene ring substituents is 1. The number of aromatic nitrogens is 3. The minimum Gasteiger partial charge on any atom is -0.494 e. The zero-order valence-electron chi connectivity index (χ0n) is 19.1. The molecule has 35 heavy (non-hydrogen) atoms. The molecule has 3 heterocycles. The lowest BCUT2D eigenvalue weighted by Crippen LogP contribution is -2.07. The number of benzene rings is 2. The van der Waals surface area contributed by atoms with Crippen LogP contribution in [0.15, 0.2) is 54.9 Å². The van der Waals surface area contributed by atoms with E-state index in [9.17, 15) is 14.5 Å². The van der Waals surface area contributed by atoms with Gasteiger partial charge in [0, 0.05) is 53.6 Å². The molecule has 1 aliphatic heterocycles. The third kappa shape index (κ3) is 4.19. The van der Waals surface area contributed by atoms with Gasteiger partial charge in [-0.2, -0.15) is 4.39 Å². The van der Waals surface area contributed by atoms with Crippen molar-refractivity contribution in [3.8, 4) is 17.0 Å². The largest absolute Gasteiger partial charge is 0.494 e. The zero-order valence-corrected chi connectivity index (χ0v) is 19.1. The second-order valence-corrected chi connectivity index (χ2v) is 8.07. The summed E-state index contributed by atoms with van der Waals surface area (Å²) in [6.07, 6.45) is 6.50.